The Hall–Kier alpha value is -2.67. The van der Waals surface area contributed by atoms with Gasteiger partial charge in [-0.3, -0.25) is 10.1 Å². The van der Waals surface area contributed by atoms with Gasteiger partial charge in [-0.15, -0.1) is 0 Å². The summed E-state index contributed by atoms with van der Waals surface area (Å²) in [5.74, 6) is 1.08. The predicted molar refractivity (Wildman–Crippen MR) is 102 cm³/mol. The molecule has 134 valence electrons. The van der Waals surface area contributed by atoms with Gasteiger partial charge in [0.25, 0.3) is 0 Å². The van der Waals surface area contributed by atoms with Crippen molar-refractivity contribution in [2.24, 2.45) is 0 Å². The summed E-state index contributed by atoms with van der Waals surface area (Å²) in [5, 5.41) is 8.28. The smallest absolute Gasteiger partial charge is 0.135 e. The van der Waals surface area contributed by atoms with E-state index in [1.807, 2.05) is 12.3 Å². The van der Waals surface area contributed by atoms with Crippen molar-refractivity contribution in [1.82, 2.24) is 20.2 Å². The Bertz CT molecular complexity index is 954. The second-order valence-corrected chi connectivity index (χ2v) is 7.08. The predicted octanol–water partition coefficient (Wildman–Crippen LogP) is 2.24. The molecule has 7 heteroatoms. The second kappa shape index (κ2) is 5.95. The van der Waals surface area contributed by atoms with Crippen molar-refractivity contribution in [2.45, 2.75) is 19.4 Å². The fourth-order valence-corrected chi connectivity index (χ4v) is 4.12. The van der Waals surface area contributed by atoms with Gasteiger partial charge in [-0.2, -0.15) is 5.10 Å². The lowest BCUT2D eigenvalue weighted by Crippen LogP contribution is -2.44. The Labute approximate surface area is 152 Å². The lowest BCUT2D eigenvalue weighted by molar-refractivity contribution is 0.0985. The Kier molecular flexibility index (Phi) is 3.56. The number of H-pyrrole nitrogens is 1. The van der Waals surface area contributed by atoms with Crippen LogP contribution in [0, 0.1) is 0 Å². The summed E-state index contributed by atoms with van der Waals surface area (Å²) in [6.07, 6.45) is 4.64. The van der Waals surface area contributed by atoms with Crippen molar-refractivity contribution in [3.8, 4) is 11.4 Å². The minimum absolute atomic E-state index is 0.316. The summed E-state index contributed by atoms with van der Waals surface area (Å²) in [6.45, 7) is 5.58. The van der Waals surface area contributed by atoms with Gasteiger partial charge in [-0.05, 0) is 25.5 Å². The molecule has 3 aromatic heterocycles. The molecule has 0 radical (unpaired) electrons. The standard InChI is InChI=1S/C19H22N6O/c1-12-11-26-10-9-25(12)19-14-5-8-24(2)18(14)13-3-6-20-17(16(13)22-19)15-4-7-21-23-15/h3-4,6-7,12H,5,8-11H2,1-2H3,(H,21,23)/t12-/m1/s1. The Balaban J connectivity index is 1.79. The zero-order valence-electron chi connectivity index (χ0n) is 15.1. The maximum absolute atomic E-state index is 5.64. The summed E-state index contributed by atoms with van der Waals surface area (Å²) >= 11 is 0. The van der Waals surface area contributed by atoms with Gasteiger partial charge in [0.15, 0.2) is 0 Å². The third-order valence-corrected chi connectivity index (χ3v) is 5.43. The zero-order chi connectivity index (χ0) is 17.7. The number of hydrogen-bond donors (Lipinski definition) is 1. The van der Waals surface area contributed by atoms with Crippen molar-refractivity contribution in [3.63, 3.8) is 0 Å². The van der Waals surface area contributed by atoms with Crippen LogP contribution in [-0.4, -0.2) is 59.6 Å². The van der Waals surface area contributed by atoms with Crippen LogP contribution in [0.2, 0.25) is 0 Å². The molecule has 3 aromatic rings. The molecule has 0 bridgehead atoms. The third-order valence-electron chi connectivity index (χ3n) is 5.43. The van der Waals surface area contributed by atoms with E-state index in [1.54, 1.807) is 6.20 Å². The van der Waals surface area contributed by atoms with E-state index in [0.717, 1.165) is 60.8 Å². The first-order valence-corrected chi connectivity index (χ1v) is 9.11. The van der Waals surface area contributed by atoms with E-state index >= 15 is 0 Å². The van der Waals surface area contributed by atoms with E-state index in [1.165, 1.54) is 11.3 Å². The average molecular weight is 350 g/mol. The molecule has 5 rings (SSSR count). The fraction of sp³-hybridized carbons (Fsp3) is 0.421. The van der Waals surface area contributed by atoms with Crippen LogP contribution in [0.1, 0.15) is 12.5 Å². The summed E-state index contributed by atoms with van der Waals surface area (Å²) in [5.41, 5.74) is 5.30. The number of likely N-dealkylation sites (N-methyl/N-ethyl adjacent to an activating group) is 1. The van der Waals surface area contributed by atoms with Gasteiger partial charge in [0.05, 0.1) is 30.6 Å². The number of anilines is 2. The van der Waals surface area contributed by atoms with Crippen molar-refractivity contribution in [3.05, 3.63) is 30.1 Å². The van der Waals surface area contributed by atoms with Crippen molar-refractivity contribution >= 4 is 22.4 Å². The fourth-order valence-electron chi connectivity index (χ4n) is 4.12. The molecule has 26 heavy (non-hydrogen) atoms. The normalized spacial score (nSPS) is 20.0. The molecular formula is C19H22N6O. The highest BCUT2D eigenvalue weighted by Gasteiger charge is 2.30. The zero-order valence-corrected chi connectivity index (χ0v) is 15.1. The number of aromatic nitrogens is 4. The average Bonchev–Trinajstić information content (AvgIpc) is 3.32. The van der Waals surface area contributed by atoms with Crippen LogP contribution in [0.15, 0.2) is 24.5 Å². The molecule has 0 saturated carbocycles. The van der Waals surface area contributed by atoms with E-state index in [0.29, 0.717) is 6.04 Å². The number of pyridine rings is 2. The maximum Gasteiger partial charge on any atom is 0.135 e. The Morgan fingerprint density at radius 2 is 2.15 bits per heavy atom. The Morgan fingerprint density at radius 1 is 1.23 bits per heavy atom. The van der Waals surface area contributed by atoms with E-state index < -0.39 is 0 Å². The first-order chi connectivity index (χ1) is 12.7. The lowest BCUT2D eigenvalue weighted by atomic mass is 10.1. The molecule has 0 unspecified atom stereocenters. The number of morpholine rings is 1. The topological polar surface area (TPSA) is 70.2 Å². The second-order valence-electron chi connectivity index (χ2n) is 7.08. The minimum atomic E-state index is 0.316. The number of rotatable bonds is 2. The molecule has 2 aliphatic heterocycles. The van der Waals surface area contributed by atoms with Gasteiger partial charge in [0, 0.05) is 43.5 Å². The van der Waals surface area contributed by atoms with Crippen molar-refractivity contribution in [2.75, 3.05) is 43.2 Å². The highest BCUT2D eigenvalue weighted by Crippen LogP contribution is 2.41. The van der Waals surface area contributed by atoms with Crippen LogP contribution < -0.4 is 9.80 Å². The van der Waals surface area contributed by atoms with Gasteiger partial charge in [-0.25, -0.2) is 4.98 Å². The van der Waals surface area contributed by atoms with Crippen LogP contribution in [0.4, 0.5) is 11.5 Å². The van der Waals surface area contributed by atoms with Gasteiger partial charge in [-0.1, -0.05) is 0 Å². The van der Waals surface area contributed by atoms with Crippen LogP contribution >= 0.6 is 0 Å². The van der Waals surface area contributed by atoms with Crippen molar-refractivity contribution < 1.29 is 4.74 Å². The molecular weight excluding hydrogens is 328 g/mol. The quantitative estimate of drug-likeness (QED) is 0.764. The molecule has 5 heterocycles. The van der Waals surface area contributed by atoms with Crippen LogP contribution in [0.3, 0.4) is 0 Å². The molecule has 0 aliphatic carbocycles. The van der Waals surface area contributed by atoms with Crippen molar-refractivity contribution in [1.29, 1.82) is 0 Å². The van der Waals surface area contributed by atoms with E-state index in [4.69, 9.17) is 9.72 Å². The van der Waals surface area contributed by atoms with Crippen LogP contribution in [0.5, 0.6) is 0 Å². The highest BCUT2D eigenvalue weighted by atomic mass is 16.5. The largest absolute Gasteiger partial charge is 0.377 e. The summed E-state index contributed by atoms with van der Waals surface area (Å²) < 4.78 is 5.64. The number of ether oxygens (including phenoxy) is 1. The molecule has 1 N–H and O–H groups in total. The summed E-state index contributed by atoms with van der Waals surface area (Å²) in [6, 6.07) is 4.34. The number of fused-ring (bicyclic) bond motifs is 3. The number of aromatic amines is 1. The monoisotopic (exact) mass is 350 g/mol. The molecule has 0 amide bonds. The van der Waals surface area contributed by atoms with Gasteiger partial charge < -0.3 is 14.5 Å². The van der Waals surface area contributed by atoms with Gasteiger partial charge in [0.1, 0.15) is 17.0 Å². The number of nitrogens with one attached hydrogen (secondary N) is 1. The molecule has 7 nitrogen and oxygen atoms in total. The van der Waals surface area contributed by atoms with Crippen LogP contribution in [-0.2, 0) is 11.2 Å². The van der Waals surface area contributed by atoms with E-state index in [-0.39, 0.29) is 0 Å². The number of hydrogen-bond acceptors (Lipinski definition) is 6. The summed E-state index contributed by atoms with van der Waals surface area (Å²) in [7, 11) is 2.16. The third kappa shape index (κ3) is 2.27. The molecule has 0 aromatic carbocycles. The molecule has 2 aliphatic rings. The molecule has 1 fully saturated rings. The minimum Gasteiger partial charge on any atom is -0.377 e. The molecule has 1 atom stereocenters. The summed E-state index contributed by atoms with van der Waals surface area (Å²) in [4.78, 5) is 14.5. The number of nitrogens with zero attached hydrogens (tertiary/aromatic N) is 5. The SMILES string of the molecule is C[C@@H]1COCCN1c1nc2c(-c3ccn[nH]3)nccc2c2c1CCN2C. The molecule has 1 saturated heterocycles. The first-order valence-electron chi connectivity index (χ1n) is 9.11. The Morgan fingerprint density at radius 3 is 2.96 bits per heavy atom. The maximum atomic E-state index is 5.64. The van der Waals surface area contributed by atoms with Gasteiger partial charge >= 0.3 is 0 Å². The van der Waals surface area contributed by atoms with E-state index in [9.17, 15) is 0 Å². The van der Waals surface area contributed by atoms with Crippen LogP contribution in [0.25, 0.3) is 22.3 Å². The van der Waals surface area contributed by atoms with Gasteiger partial charge in [0.2, 0.25) is 0 Å². The first kappa shape index (κ1) is 15.6. The highest BCUT2D eigenvalue weighted by molar-refractivity contribution is 6.02. The van der Waals surface area contributed by atoms with E-state index in [2.05, 4.69) is 45.0 Å². The molecule has 0 spiro atoms. The lowest BCUT2D eigenvalue weighted by Gasteiger charge is -2.35.